The van der Waals surface area contributed by atoms with Gasteiger partial charge in [0.25, 0.3) is 0 Å². The third kappa shape index (κ3) is 6.42. The maximum absolute atomic E-state index is 12.8. The molecule has 2 N–H and O–H groups in total. The van der Waals surface area contributed by atoms with E-state index in [0.29, 0.717) is 18.8 Å². The zero-order valence-electron chi connectivity index (χ0n) is 21.3. The summed E-state index contributed by atoms with van der Waals surface area (Å²) in [6, 6.07) is 13.6. The minimum absolute atomic E-state index is 0.0302. The van der Waals surface area contributed by atoms with Crippen LogP contribution in [0.4, 0.5) is 13.2 Å². The van der Waals surface area contributed by atoms with Crippen molar-refractivity contribution in [3.05, 3.63) is 83.3 Å². The number of benzene rings is 2. The Hall–Kier alpha value is -4.81. The van der Waals surface area contributed by atoms with E-state index in [4.69, 9.17) is 14.6 Å². The molecule has 0 unspecified atom stereocenters. The number of nitrogens with one attached hydrogen (secondary N) is 1. The van der Waals surface area contributed by atoms with E-state index in [0.717, 1.165) is 35.1 Å². The number of fused-ring (bicyclic) bond motifs is 1. The van der Waals surface area contributed by atoms with Gasteiger partial charge < -0.3 is 24.3 Å². The molecule has 2 aromatic carbocycles. The van der Waals surface area contributed by atoms with Crippen molar-refractivity contribution < 1.29 is 32.6 Å². The van der Waals surface area contributed by atoms with Crippen LogP contribution in [0.5, 0.6) is 5.75 Å². The highest BCUT2D eigenvalue weighted by Gasteiger charge is 2.38. The Kier molecular flexibility index (Phi) is 8.41. The lowest BCUT2D eigenvalue weighted by Gasteiger charge is -2.32. The first-order chi connectivity index (χ1) is 19.1. The number of para-hydroxylation sites is 2. The lowest BCUT2D eigenvalue weighted by molar-refractivity contribution is -0.192. The molecule has 5 rings (SSSR count). The SMILES string of the molecule is COc1cc(/C=C/C(=O)N2CCC(n3c(=O)[nH]c4ccccc43)CC2)ccc1-n1ccnc1.O=C(O)C(F)(F)F. The summed E-state index contributed by atoms with van der Waals surface area (Å²) in [6.45, 7) is 1.23. The van der Waals surface area contributed by atoms with Crippen LogP contribution in [0.15, 0.2) is 72.1 Å². The molecule has 1 fully saturated rings. The van der Waals surface area contributed by atoms with Crippen LogP contribution in [0.25, 0.3) is 22.8 Å². The van der Waals surface area contributed by atoms with Gasteiger partial charge in [0.1, 0.15) is 5.75 Å². The molecule has 3 heterocycles. The standard InChI is InChI=1S/C25H25N5O3.C2HF3O2/c1-33-23-16-18(6-8-22(23)29-15-12-26-17-29)7-9-24(31)28-13-10-19(11-14-28)30-21-5-3-2-4-20(21)27-25(30)32;3-2(4,5)1(6)7/h2-9,12,15-17,19H,10-11,13-14H2,1H3,(H,27,32);(H,6,7)/b9-7+;. The number of ether oxygens (including phenoxy) is 1. The monoisotopic (exact) mass is 557 g/mol. The molecule has 2 aromatic heterocycles. The van der Waals surface area contributed by atoms with Gasteiger partial charge in [-0.3, -0.25) is 9.36 Å². The zero-order valence-corrected chi connectivity index (χ0v) is 21.3. The van der Waals surface area contributed by atoms with Gasteiger partial charge in [-0.15, -0.1) is 0 Å². The molecular formula is C27H26F3N5O5. The average Bonchev–Trinajstić information content (AvgIpc) is 3.59. The molecule has 0 spiro atoms. The van der Waals surface area contributed by atoms with Crippen molar-refractivity contribution in [1.82, 2.24) is 24.0 Å². The maximum Gasteiger partial charge on any atom is 0.490 e. The number of piperidine rings is 1. The number of methoxy groups -OCH3 is 1. The number of likely N-dealkylation sites (tertiary alicyclic amines) is 1. The summed E-state index contributed by atoms with van der Waals surface area (Å²) in [5.74, 6) is -2.09. The lowest BCUT2D eigenvalue weighted by atomic mass is 10.0. The van der Waals surface area contributed by atoms with E-state index in [9.17, 15) is 22.8 Å². The molecule has 1 amide bonds. The molecule has 1 aliphatic heterocycles. The fourth-order valence-corrected chi connectivity index (χ4v) is 4.47. The molecule has 40 heavy (non-hydrogen) atoms. The minimum atomic E-state index is -5.08. The topological polar surface area (TPSA) is 122 Å². The number of aliphatic carboxylic acids is 1. The summed E-state index contributed by atoms with van der Waals surface area (Å²) in [4.78, 5) is 43.0. The average molecular weight is 558 g/mol. The van der Waals surface area contributed by atoms with Crippen LogP contribution in [0.2, 0.25) is 0 Å². The Morgan fingerprint density at radius 1 is 1.15 bits per heavy atom. The van der Waals surface area contributed by atoms with E-state index in [2.05, 4.69) is 9.97 Å². The van der Waals surface area contributed by atoms with Crippen LogP contribution in [-0.4, -0.2) is 67.4 Å². The Balaban J connectivity index is 0.000000470. The van der Waals surface area contributed by atoms with Crippen LogP contribution in [0.3, 0.4) is 0 Å². The highest BCUT2D eigenvalue weighted by atomic mass is 19.4. The number of carboxylic acid groups (broad SMARTS) is 1. The second-order valence-electron chi connectivity index (χ2n) is 8.91. The summed E-state index contributed by atoms with van der Waals surface area (Å²) in [5.41, 5.74) is 3.44. The van der Waals surface area contributed by atoms with Crippen LogP contribution >= 0.6 is 0 Å². The number of halogens is 3. The maximum atomic E-state index is 12.8. The van der Waals surface area contributed by atoms with E-state index >= 15 is 0 Å². The van der Waals surface area contributed by atoms with Crippen LogP contribution < -0.4 is 10.4 Å². The smallest absolute Gasteiger partial charge is 0.490 e. The van der Waals surface area contributed by atoms with Crippen molar-refractivity contribution in [2.75, 3.05) is 20.2 Å². The number of alkyl halides is 3. The summed E-state index contributed by atoms with van der Waals surface area (Å²) in [5, 5.41) is 7.12. The number of aromatic amines is 1. The van der Waals surface area contributed by atoms with Gasteiger partial charge in [0, 0.05) is 37.6 Å². The Bertz CT molecular complexity index is 1570. The molecule has 0 radical (unpaired) electrons. The van der Waals surface area contributed by atoms with Gasteiger partial charge in [-0.2, -0.15) is 13.2 Å². The van der Waals surface area contributed by atoms with Gasteiger partial charge in [0.2, 0.25) is 5.91 Å². The van der Waals surface area contributed by atoms with Gasteiger partial charge >= 0.3 is 17.8 Å². The molecule has 0 atom stereocenters. The summed E-state index contributed by atoms with van der Waals surface area (Å²) < 4.78 is 41.0. The summed E-state index contributed by atoms with van der Waals surface area (Å²) in [7, 11) is 1.62. The number of imidazole rings is 2. The molecule has 1 aliphatic rings. The number of aromatic nitrogens is 4. The molecule has 4 aromatic rings. The van der Waals surface area contributed by atoms with Gasteiger partial charge in [-0.25, -0.2) is 14.6 Å². The third-order valence-corrected chi connectivity index (χ3v) is 6.41. The zero-order chi connectivity index (χ0) is 28.9. The van der Waals surface area contributed by atoms with Gasteiger partial charge in [0.15, 0.2) is 0 Å². The van der Waals surface area contributed by atoms with Gasteiger partial charge in [0.05, 0.1) is 30.2 Å². The van der Waals surface area contributed by atoms with Crippen molar-refractivity contribution in [2.45, 2.75) is 25.1 Å². The fourth-order valence-electron chi connectivity index (χ4n) is 4.47. The van der Waals surface area contributed by atoms with Gasteiger partial charge in [-0.05, 0) is 48.7 Å². The van der Waals surface area contributed by atoms with Crippen molar-refractivity contribution in [3.8, 4) is 11.4 Å². The molecular weight excluding hydrogens is 531 g/mol. The van der Waals surface area contributed by atoms with Crippen LogP contribution in [-0.2, 0) is 9.59 Å². The van der Waals surface area contributed by atoms with E-state index in [-0.39, 0.29) is 17.6 Å². The molecule has 0 saturated carbocycles. The number of amides is 1. The number of hydrogen-bond donors (Lipinski definition) is 2. The first-order valence-corrected chi connectivity index (χ1v) is 12.2. The Labute approximate surface area is 225 Å². The van der Waals surface area contributed by atoms with Crippen molar-refractivity contribution in [3.63, 3.8) is 0 Å². The van der Waals surface area contributed by atoms with Crippen LogP contribution in [0.1, 0.15) is 24.4 Å². The first-order valence-electron chi connectivity index (χ1n) is 12.2. The number of H-pyrrole nitrogens is 1. The predicted octanol–water partition coefficient (Wildman–Crippen LogP) is 4.03. The number of carbonyl (C=O) groups excluding carboxylic acids is 1. The predicted molar refractivity (Wildman–Crippen MR) is 140 cm³/mol. The number of hydrogen-bond acceptors (Lipinski definition) is 5. The molecule has 210 valence electrons. The second-order valence-corrected chi connectivity index (χ2v) is 8.91. The molecule has 10 nitrogen and oxygen atoms in total. The molecule has 0 aliphatic carbocycles. The summed E-state index contributed by atoms with van der Waals surface area (Å²) in [6.07, 6.45) is 5.09. The van der Waals surface area contributed by atoms with Crippen LogP contribution in [0, 0.1) is 0 Å². The van der Waals surface area contributed by atoms with E-state index in [1.165, 1.54) is 0 Å². The second kappa shape index (κ2) is 11.9. The number of rotatable bonds is 5. The Morgan fingerprint density at radius 3 is 2.48 bits per heavy atom. The quantitative estimate of drug-likeness (QED) is 0.357. The third-order valence-electron chi connectivity index (χ3n) is 6.41. The Morgan fingerprint density at radius 2 is 1.85 bits per heavy atom. The molecule has 1 saturated heterocycles. The van der Waals surface area contributed by atoms with Gasteiger partial charge in [-0.1, -0.05) is 18.2 Å². The summed E-state index contributed by atoms with van der Waals surface area (Å²) >= 11 is 0. The molecule has 13 heteroatoms. The highest BCUT2D eigenvalue weighted by Crippen LogP contribution is 2.26. The highest BCUT2D eigenvalue weighted by molar-refractivity contribution is 5.92. The minimum Gasteiger partial charge on any atom is -0.495 e. The molecule has 0 bridgehead atoms. The van der Waals surface area contributed by atoms with E-state index in [1.54, 1.807) is 31.8 Å². The number of nitrogens with zero attached hydrogens (tertiary/aromatic N) is 4. The van der Waals surface area contributed by atoms with Crippen molar-refractivity contribution >= 4 is 29.0 Å². The largest absolute Gasteiger partial charge is 0.495 e. The van der Waals surface area contributed by atoms with Crippen molar-refractivity contribution in [2.24, 2.45) is 0 Å². The van der Waals surface area contributed by atoms with E-state index < -0.39 is 12.1 Å². The first kappa shape index (κ1) is 28.2. The van der Waals surface area contributed by atoms with Crippen molar-refractivity contribution in [1.29, 1.82) is 0 Å². The fraction of sp³-hybridized carbons (Fsp3) is 0.259. The number of carbonyl (C=O) groups is 2. The van der Waals surface area contributed by atoms with E-state index in [1.807, 2.05) is 62.7 Å². The lowest BCUT2D eigenvalue weighted by Crippen LogP contribution is -2.39. The normalized spacial score (nSPS) is 14.2. The number of carboxylic acids is 1.